The van der Waals surface area contributed by atoms with Gasteiger partial charge in [-0.1, -0.05) is 35.6 Å². The van der Waals surface area contributed by atoms with Crippen LogP contribution >= 0.6 is 11.3 Å². The molecule has 1 N–H and O–H groups in total. The molecule has 2 heterocycles. The van der Waals surface area contributed by atoms with Crippen molar-refractivity contribution in [3.8, 4) is 0 Å². The molecule has 1 atom stereocenters. The number of carbonyl (C=O) groups excluding carboxylic acids is 2. The van der Waals surface area contributed by atoms with E-state index in [2.05, 4.69) is 10.3 Å². The highest BCUT2D eigenvalue weighted by Gasteiger charge is 2.28. The summed E-state index contributed by atoms with van der Waals surface area (Å²) in [4.78, 5) is 30.5. The summed E-state index contributed by atoms with van der Waals surface area (Å²) in [6, 6.07) is 11.6. The monoisotopic (exact) mass is 381 g/mol. The molecule has 1 unspecified atom stereocenters. The predicted molar refractivity (Wildman–Crippen MR) is 104 cm³/mol. The first-order chi connectivity index (χ1) is 13.0. The first-order valence-corrected chi connectivity index (χ1v) is 9.25. The van der Waals surface area contributed by atoms with E-state index in [-0.39, 0.29) is 30.1 Å². The van der Waals surface area contributed by atoms with Gasteiger partial charge in [-0.25, -0.2) is 9.37 Å². The van der Waals surface area contributed by atoms with Crippen LogP contribution in [0.1, 0.15) is 30.5 Å². The normalized spacial score (nSPS) is 15.6. The van der Waals surface area contributed by atoms with E-state index in [9.17, 15) is 14.0 Å². The summed E-state index contributed by atoms with van der Waals surface area (Å²) in [6.07, 6.45) is 3.68. The highest BCUT2D eigenvalue weighted by atomic mass is 32.1. The third kappa shape index (κ3) is 3.46. The van der Waals surface area contributed by atoms with Gasteiger partial charge in [-0.05, 0) is 35.4 Å². The Balaban J connectivity index is 1.56. The van der Waals surface area contributed by atoms with Crippen LogP contribution in [0.25, 0.3) is 16.3 Å². The van der Waals surface area contributed by atoms with E-state index in [0.717, 1.165) is 11.1 Å². The molecule has 1 aliphatic heterocycles. The lowest BCUT2D eigenvalue weighted by Crippen LogP contribution is -2.33. The standard InChI is InChI=1S/C20H16FN3O2S/c1-12(25)24-9-8-13-4-2-3-5-15(13)17(24)11-19(26)23-20-22-16-7-6-14(21)10-18(16)27-20/h2-10,17H,11H2,1H3,(H,22,23,26). The third-order valence-electron chi connectivity index (χ3n) is 4.44. The Bertz CT molecular complexity index is 1080. The van der Waals surface area contributed by atoms with E-state index in [1.165, 1.54) is 30.4 Å². The summed E-state index contributed by atoms with van der Waals surface area (Å²) in [6.45, 7) is 1.48. The van der Waals surface area contributed by atoms with Crippen LogP contribution in [0.3, 0.4) is 0 Å². The fourth-order valence-corrected chi connectivity index (χ4v) is 4.12. The number of hydrogen-bond acceptors (Lipinski definition) is 4. The molecule has 0 bridgehead atoms. The summed E-state index contributed by atoms with van der Waals surface area (Å²) in [5.74, 6) is -0.725. The smallest absolute Gasteiger partial charge is 0.228 e. The van der Waals surface area contributed by atoms with Crippen LogP contribution in [-0.2, 0) is 9.59 Å². The molecule has 0 fully saturated rings. The van der Waals surface area contributed by atoms with Gasteiger partial charge in [-0.15, -0.1) is 0 Å². The number of nitrogens with zero attached hydrogens (tertiary/aromatic N) is 2. The van der Waals surface area contributed by atoms with E-state index in [1.807, 2.05) is 30.3 Å². The quantitative estimate of drug-likeness (QED) is 0.734. The van der Waals surface area contributed by atoms with E-state index in [0.29, 0.717) is 15.3 Å². The lowest BCUT2D eigenvalue weighted by Gasteiger charge is -2.32. The number of benzene rings is 2. The predicted octanol–water partition coefficient (Wildman–Crippen LogP) is 4.34. The van der Waals surface area contributed by atoms with Gasteiger partial charge in [0.15, 0.2) is 5.13 Å². The molecule has 0 radical (unpaired) electrons. The second-order valence-electron chi connectivity index (χ2n) is 6.27. The maximum atomic E-state index is 13.3. The van der Waals surface area contributed by atoms with Crippen molar-refractivity contribution in [1.29, 1.82) is 0 Å². The molecular formula is C20H16FN3O2S. The Morgan fingerprint density at radius 1 is 1.26 bits per heavy atom. The van der Waals surface area contributed by atoms with Crippen molar-refractivity contribution in [1.82, 2.24) is 9.88 Å². The molecule has 0 saturated carbocycles. The average molecular weight is 381 g/mol. The van der Waals surface area contributed by atoms with Crippen LogP contribution in [0, 0.1) is 5.82 Å². The van der Waals surface area contributed by atoms with Crippen molar-refractivity contribution in [2.24, 2.45) is 0 Å². The lowest BCUT2D eigenvalue weighted by atomic mass is 9.93. The van der Waals surface area contributed by atoms with Crippen molar-refractivity contribution in [3.63, 3.8) is 0 Å². The summed E-state index contributed by atoms with van der Waals surface area (Å²) in [5, 5.41) is 3.18. The third-order valence-corrected chi connectivity index (χ3v) is 5.38. The summed E-state index contributed by atoms with van der Waals surface area (Å²) in [5.41, 5.74) is 2.55. The van der Waals surface area contributed by atoms with Gasteiger partial charge < -0.3 is 10.2 Å². The topological polar surface area (TPSA) is 62.3 Å². The van der Waals surface area contributed by atoms with Gasteiger partial charge in [0.25, 0.3) is 0 Å². The highest BCUT2D eigenvalue weighted by molar-refractivity contribution is 7.22. The maximum Gasteiger partial charge on any atom is 0.228 e. The Morgan fingerprint density at radius 3 is 2.89 bits per heavy atom. The molecule has 27 heavy (non-hydrogen) atoms. The van der Waals surface area contributed by atoms with Crippen molar-refractivity contribution in [2.45, 2.75) is 19.4 Å². The maximum absolute atomic E-state index is 13.3. The largest absolute Gasteiger partial charge is 0.311 e. The van der Waals surface area contributed by atoms with Crippen molar-refractivity contribution in [2.75, 3.05) is 5.32 Å². The molecule has 5 nitrogen and oxygen atoms in total. The van der Waals surface area contributed by atoms with Gasteiger partial charge >= 0.3 is 0 Å². The Labute approximate surface area is 159 Å². The van der Waals surface area contributed by atoms with Crippen LogP contribution in [-0.4, -0.2) is 21.7 Å². The Hall–Kier alpha value is -3.06. The number of fused-ring (bicyclic) bond motifs is 2. The van der Waals surface area contributed by atoms with Gasteiger partial charge in [-0.3, -0.25) is 9.59 Å². The number of thiazole rings is 1. The average Bonchev–Trinajstić information content (AvgIpc) is 3.02. The molecule has 4 rings (SSSR count). The molecule has 136 valence electrons. The lowest BCUT2D eigenvalue weighted by molar-refractivity contribution is -0.129. The van der Waals surface area contributed by atoms with Crippen LogP contribution in [0.5, 0.6) is 0 Å². The number of carbonyl (C=O) groups is 2. The number of aromatic nitrogens is 1. The molecule has 7 heteroatoms. The molecule has 0 spiro atoms. The van der Waals surface area contributed by atoms with Crippen molar-refractivity contribution < 1.29 is 14.0 Å². The number of hydrogen-bond donors (Lipinski definition) is 1. The molecule has 3 aromatic rings. The fourth-order valence-electron chi connectivity index (χ4n) is 3.21. The summed E-state index contributed by atoms with van der Waals surface area (Å²) in [7, 11) is 0. The molecule has 1 aromatic heterocycles. The van der Waals surface area contributed by atoms with E-state index in [1.54, 1.807) is 17.2 Å². The Kier molecular flexibility index (Phi) is 4.45. The molecule has 0 saturated heterocycles. The minimum absolute atomic E-state index is 0.102. The SMILES string of the molecule is CC(=O)N1C=Cc2ccccc2C1CC(=O)Nc1nc2ccc(F)cc2s1. The minimum Gasteiger partial charge on any atom is -0.311 e. The van der Waals surface area contributed by atoms with Gasteiger partial charge in [0, 0.05) is 13.1 Å². The van der Waals surface area contributed by atoms with E-state index < -0.39 is 0 Å². The van der Waals surface area contributed by atoms with Gasteiger partial charge in [0.1, 0.15) is 5.82 Å². The van der Waals surface area contributed by atoms with Gasteiger partial charge in [-0.2, -0.15) is 0 Å². The zero-order valence-electron chi connectivity index (χ0n) is 14.5. The van der Waals surface area contributed by atoms with Crippen molar-refractivity contribution >= 4 is 44.6 Å². The molecule has 1 aliphatic rings. The molecule has 2 aromatic carbocycles. The number of anilines is 1. The fraction of sp³-hybridized carbons (Fsp3) is 0.150. The Morgan fingerprint density at radius 2 is 2.07 bits per heavy atom. The zero-order chi connectivity index (χ0) is 19.0. The first kappa shape index (κ1) is 17.4. The van der Waals surface area contributed by atoms with E-state index >= 15 is 0 Å². The molecular weight excluding hydrogens is 365 g/mol. The van der Waals surface area contributed by atoms with Crippen molar-refractivity contribution in [3.05, 3.63) is 65.6 Å². The molecule has 0 aliphatic carbocycles. The van der Waals surface area contributed by atoms with Crippen LogP contribution in [0.4, 0.5) is 9.52 Å². The van der Waals surface area contributed by atoms with Gasteiger partial charge in [0.2, 0.25) is 11.8 Å². The number of rotatable bonds is 3. The first-order valence-electron chi connectivity index (χ1n) is 8.43. The number of halogens is 1. The summed E-state index contributed by atoms with van der Waals surface area (Å²) < 4.78 is 14.0. The van der Waals surface area contributed by atoms with Crippen LogP contribution < -0.4 is 5.32 Å². The second kappa shape index (κ2) is 6.92. The second-order valence-corrected chi connectivity index (χ2v) is 7.30. The number of amides is 2. The number of nitrogens with one attached hydrogen (secondary N) is 1. The zero-order valence-corrected chi connectivity index (χ0v) is 15.3. The van der Waals surface area contributed by atoms with Gasteiger partial charge in [0.05, 0.1) is 22.7 Å². The van der Waals surface area contributed by atoms with Crippen LogP contribution in [0.15, 0.2) is 48.7 Å². The highest BCUT2D eigenvalue weighted by Crippen LogP contribution is 2.33. The summed E-state index contributed by atoms with van der Waals surface area (Å²) >= 11 is 1.22. The van der Waals surface area contributed by atoms with Crippen LogP contribution in [0.2, 0.25) is 0 Å². The van der Waals surface area contributed by atoms with E-state index in [4.69, 9.17) is 0 Å². The minimum atomic E-state index is -0.379. The molecule has 2 amide bonds.